The Balaban J connectivity index is 2.07. The average molecular weight is 310 g/mol. The Kier molecular flexibility index (Phi) is 6.06. The first-order valence-corrected chi connectivity index (χ1v) is 8.40. The summed E-state index contributed by atoms with van der Waals surface area (Å²) >= 11 is 6.15. The molecule has 1 aromatic carbocycles. The van der Waals surface area contributed by atoms with Gasteiger partial charge in [0.15, 0.2) is 0 Å². The number of hydrogen-bond donors (Lipinski definition) is 1. The molecule has 0 aromatic heterocycles. The first-order chi connectivity index (χ1) is 10.0. The van der Waals surface area contributed by atoms with E-state index >= 15 is 0 Å². The molecule has 1 saturated heterocycles. The highest BCUT2D eigenvalue weighted by molar-refractivity contribution is 6.30. The van der Waals surface area contributed by atoms with Gasteiger partial charge in [0.05, 0.1) is 0 Å². The van der Waals surface area contributed by atoms with Crippen molar-refractivity contribution in [1.82, 2.24) is 9.80 Å². The summed E-state index contributed by atoms with van der Waals surface area (Å²) in [5.74, 6) is 0. The molecule has 1 heterocycles. The second-order valence-corrected chi connectivity index (χ2v) is 6.62. The molecule has 0 spiro atoms. The molecule has 0 bridgehead atoms. The van der Waals surface area contributed by atoms with Gasteiger partial charge in [-0.2, -0.15) is 0 Å². The molecule has 3 unspecified atom stereocenters. The van der Waals surface area contributed by atoms with Crippen LogP contribution in [0.2, 0.25) is 5.02 Å². The van der Waals surface area contributed by atoms with Gasteiger partial charge in [-0.1, -0.05) is 30.7 Å². The SMILES string of the molecule is CCC(C)N1CCN(C(c2cccc(Cl)c2)C(C)N)CC1. The minimum atomic E-state index is 0.0959. The maximum Gasteiger partial charge on any atom is 0.0498 e. The first-order valence-electron chi connectivity index (χ1n) is 8.02. The molecule has 21 heavy (non-hydrogen) atoms. The minimum absolute atomic E-state index is 0.0959. The fraction of sp³-hybridized carbons (Fsp3) is 0.647. The molecule has 0 aliphatic carbocycles. The van der Waals surface area contributed by atoms with E-state index in [-0.39, 0.29) is 12.1 Å². The van der Waals surface area contributed by atoms with Gasteiger partial charge in [-0.3, -0.25) is 9.80 Å². The van der Waals surface area contributed by atoms with Crippen molar-refractivity contribution in [2.75, 3.05) is 26.2 Å². The lowest BCUT2D eigenvalue weighted by molar-refractivity contribution is 0.0653. The van der Waals surface area contributed by atoms with E-state index in [1.165, 1.54) is 12.0 Å². The van der Waals surface area contributed by atoms with E-state index in [9.17, 15) is 0 Å². The van der Waals surface area contributed by atoms with Crippen molar-refractivity contribution in [3.8, 4) is 0 Å². The standard InChI is InChI=1S/C17H28ClN3/c1-4-13(2)20-8-10-21(11-9-20)17(14(3)19)15-6-5-7-16(18)12-15/h5-7,12-14,17H,4,8-11,19H2,1-3H3. The van der Waals surface area contributed by atoms with Gasteiger partial charge in [0, 0.05) is 49.3 Å². The van der Waals surface area contributed by atoms with Gasteiger partial charge in [-0.15, -0.1) is 0 Å². The molecule has 118 valence electrons. The quantitative estimate of drug-likeness (QED) is 0.907. The van der Waals surface area contributed by atoms with Crippen LogP contribution in [0.3, 0.4) is 0 Å². The Bertz CT molecular complexity index is 441. The predicted octanol–water partition coefficient (Wildman–Crippen LogP) is 3.14. The number of halogens is 1. The highest BCUT2D eigenvalue weighted by Crippen LogP contribution is 2.27. The van der Waals surface area contributed by atoms with E-state index in [0.29, 0.717) is 6.04 Å². The molecule has 1 aliphatic heterocycles. The molecular formula is C17H28ClN3. The van der Waals surface area contributed by atoms with Crippen molar-refractivity contribution < 1.29 is 0 Å². The Hall–Kier alpha value is -0.610. The van der Waals surface area contributed by atoms with Gasteiger partial charge >= 0.3 is 0 Å². The van der Waals surface area contributed by atoms with Crippen molar-refractivity contribution in [1.29, 1.82) is 0 Å². The Morgan fingerprint density at radius 1 is 1.14 bits per heavy atom. The van der Waals surface area contributed by atoms with Gasteiger partial charge in [-0.25, -0.2) is 0 Å². The fourth-order valence-corrected chi connectivity index (χ4v) is 3.45. The van der Waals surface area contributed by atoms with Crippen molar-refractivity contribution in [2.45, 2.75) is 45.3 Å². The zero-order valence-corrected chi connectivity index (χ0v) is 14.2. The molecule has 2 rings (SSSR count). The number of hydrogen-bond acceptors (Lipinski definition) is 3. The lowest BCUT2D eigenvalue weighted by atomic mass is 9.98. The first kappa shape index (κ1) is 16.8. The van der Waals surface area contributed by atoms with Crippen LogP contribution < -0.4 is 5.73 Å². The number of piperazine rings is 1. The molecular weight excluding hydrogens is 282 g/mol. The third-order valence-corrected chi connectivity index (χ3v) is 4.88. The molecule has 0 amide bonds. The molecule has 3 nitrogen and oxygen atoms in total. The maximum atomic E-state index is 6.27. The Morgan fingerprint density at radius 3 is 2.29 bits per heavy atom. The largest absolute Gasteiger partial charge is 0.326 e. The molecule has 2 N–H and O–H groups in total. The number of nitrogens with zero attached hydrogens (tertiary/aromatic N) is 2. The van der Waals surface area contributed by atoms with Crippen LogP contribution in [0.5, 0.6) is 0 Å². The topological polar surface area (TPSA) is 32.5 Å². The van der Waals surface area contributed by atoms with Crippen molar-refractivity contribution in [3.63, 3.8) is 0 Å². The van der Waals surface area contributed by atoms with Crippen molar-refractivity contribution >= 4 is 11.6 Å². The third-order valence-electron chi connectivity index (χ3n) is 4.64. The molecule has 0 saturated carbocycles. The second-order valence-electron chi connectivity index (χ2n) is 6.19. The summed E-state index contributed by atoms with van der Waals surface area (Å²) in [6.07, 6.45) is 1.21. The van der Waals surface area contributed by atoms with Crippen LogP contribution in [0.4, 0.5) is 0 Å². The van der Waals surface area contributed by atoms with Crippen LogP contribution in [0, 0.1) is 0 Å². The van der Waals surface area contributed by atoms with E-state index < -0.39 is 0 Å². The zero-order valence-electron chi connectivity index (χ0n) is 13.4. The van der Waals surface area contributed by atoms with Crippen LogP contribution in [0.25, 0.3) is 0 Å². The number of benzene rings is 1. The second kappa shape index (κ2) is 7.59. The van der Waals surface area contributed by atoms with Gasteiger partial charge in [0.2, 0.25) is 0 Å². The summed E-state index contributed by atoms with van der Waals surface area (Å²) in [7, 11) is 0. The molecule has 1 fully saturated rings. The lowest BCUT2D eigenvalue weighted by Gasteiger charge is -2.42. The zero-order chi connectivity index (χ0) is 15.4. The van der Waals surface area contributed by atoms with E-state index in [1.54, 1.807) is 0 Å². The van der Waals surface area contributed by atoms with E-state index in [1.807, 2.05) is 12.1 Å². The van der Waals surface area contributed by atoms with Crippen molar-refractivity contribution in [2.24, 2.45) is 5.73 Å². The summed E-state index contributed by atoms with van der Waals surface area (Å²) in [4.78, 5) is 5.09. The van der Waals surface area contributed by atoms with Gasteiger partial charge in [0.25, 0.3) is 0 Å². The van der Waals surface area contributed by atoms with Gasteiger partial charge < -0.3 is 5.73 Å². The number of rotatable bonds is 5. The third kappa shape index (κ3) is 4.19. The molecule has 0 radical (unpaired) electrons. The molecule has 4 heteroatoms. The highest BCUT2D eigenvalue weighted by Gasteiger charge is 2.28. The van der Waals surface area contributed by atoms with E-state index in [0.717, 1.165) is 31.2 Å². The normalized spacial score (nSPS) is 22.0. The van der Waals surface area contributed by atoms with Crippen LogP contribution in [0.1, 0.15) is 38.8 Å². The number of nitrogens with two attached hydrogens (primary N) is 1. The highest BCUT2D eigenvalue weighted by atomic mass is 35.5. The van der Waals surface area contributed by atoms with Crippen LogP contribution in [-0.2, 0) is 0 Å². The van der Waals surface area contributed by atoms with Gasteiger partial charge in [-0.05, 0) is 38.0 Å². The average Bonchev–Trinajstić information content (AvgIpc) is 2.47. The van der Waals surface area contributed by atoms with Crippen LogP contribution in [-0.4, -0.2) is 48.1 Å². The van der Waals surface area contributed by atoms with Crippen LogP contribution in [0.15, 0.2) is 24.3 Å². The smallest absolute Gasteiger partial charge is 0.0498 e. The lowest BCUT2D eigenvalue weighted by Crippen LogP contribution is -2.52. The summed E-state index contributed by atoms with van der Waals surface area (Å²) in [5, 5.41) is 0.788. The summed E-state index contributed by atoms with van der Waals surface area (Å²) in [6.45, 7) is 11.1. The van der Waals surface area contributed by atoms with E-state index in [2.05, 4.69) is 42.7 Å². The monoisotopic (exact) mass is 309 g/mol. The molecule has 3 atom stereocenters. The maximum absolute atomic E-state index is 6.27. The summed E-state index contributed by atoms with van der Waals surface area (Å²) in [6, 6.07) is 9.15. The van der Waals surface area contributed by atoms with Crippen LogP contribution >= 0.6 is 11.6 Å². The summed E-state index contributed by atoms with van der Waals surface area (Å²) in [5.41, 5.74) is 7.50. The summed E-state index contributed by atoms with van der Waals surface area (Å²) < 4.78 is 0. The predicted molar refractivity (Wildman–Crippen MR) is 90.7 cm³/mol. The fourth-order valence-electron chi connectivity index (χ4n) is 3.25. The molecule has 1 aliphatic rings. The Morgan fingerprint density at radius 2 is 1.76 bits per heavy atom. The Labute approximate surface area is 134 Å². The molecule has 1 aromatic rings. The van der Waals surface area contributed by atoms with Crippen molar-refractivity contribution in [3.05, 3.63) is 34.9 Å². The van der Waals surface area contributed by atoms with E-state index in [4.69, 9.17) is 17.3 Å². The minimum Gasteiger partial charge on any atom is -0.326 e. The van der Waals surface area contributed by atoms with Gasteiger partial charge in [0.1, 0.15) is 0 Å².